The van der Waals surface area contributed by atoms with Crippen LogP contribution in [0.1, 0.15) is 5.56 Å². The second-order valence-electron chi connectivity index (χ2n) is 5.42. The Balaban J connectivity index is 1.82. The number of nitrogens with zero attached hydrogens (tertiary/aromatic N) is 5. The number of rotatable bonds is 4. The van der Waals surface area contributed by atoms with Crippen LogP contribution in [0, 0.1) is 5.82 Å². The Morgan fingerprint density at radius 2 is 2.08 bits per heavy atom. The molecule has 4 rings (SSSR count). The van der Waals surface area contributed by atoms with Crippen molar-refractivity contribution in [3.63, 3.8) is 0 Å². The van der Waals surface area contributed by atoms with Crippen LogP contribution in [0.25, 0.3) is 22.9 Å². The van der Waals surface area contributed by atoms with Crippen molar-refractivity contribution in [2.75, 3.05) is 5.73 Å². The molecule has 9 nitrogen and oxygen atoms in total. The number of anilines is 1. The summed E-state index contributed by atoms with van der Waals surface area (Å²) in [4.78, 5) is 15.5. The number of H-pyrrole nitrogens is 1. The molecule has 0 aliphatic carbocycles. The molecule has 0 spiro atoms. The Hall–Kier alpha value is -3.82. The molecule has 0 aliphatic heterocycles. The fourth-order valence-corrected chi connectivity index (χ4v) is 2.45. The molecule has 130 valence electrons. The highest BCUT2D eigenvalue weighted by atomic mass is 19.1. The molecule has 0 radical (unpaired) electrons. The van der Waals surface area contributed by atoms with Gasteiger partial charge in [-0.05, 0) is 12.1 Å². The zero-order valence-electron chi connectivity index (χ0n) is 13.3. The Bertz CT molecular complexity index is 1120. The predicted molar refractivity (Wildman–Crippen MR) is 89.3 cm³/mol. The first-order valence-electron chi connectivity index (χ1n) is 7.56. The van der Waals surface area contributed by atoms with E-state index in [2.05, 4.69) is 25.4 Å². The molecule has 0 amide bonds. The lowest BCUT2D eigenvalue weighted by molar-refractivity contribution is 0.421. The first-order chi connectivity index (χ1) is 12.6. The van der Waals surface area contributed by atoms with Crippen LogP contribution in [-0.2, 0) is 6.54 Å². The molecule has 4 aromatic rings. The number of benzene rings is 1. The minimum Gasteiger partial charge on any atom is -0.378 e. The van der Waals surface area contributed by atoms with Gasteiger partial charge in [-0.25, -0.2) is 4.39 Å². The van der Waals surface area contributed by atoms with Crippen molar-refractivity contribution in [1.82, 2.24) is 30.1 Å². The van der Waals surface area contributed by atoms with Crippen LogP contribution in [0.3, 0.4) is 0 Å². The van der Waals surface area contributed by atoms with Gasteiger partial charge in [0.05, 0.1) is 12.2 Å². The molecule has 0 unspecified atom stereocenters. The molecule has 10 heteroatoms. The van der Waals surface area contributed by atoms with E-state index in [-0.39, 0.29) is 24.0 Å². The van der Waals surface area contributed by atoms with E-state index in [0.29, 0.717) is 22.6 Å². The van der Waals surface area contributed by atoms with Crippen LogP contribution in [0.15, 0.2) is 52.0 Å². The van der Waals surface area contributed by atoms with E-state index in [1.54, 1.807) is 35.0 Å². The molecule has 0 fully saturated rings. The highest BCUT2D eigenvalue weighted by molar-refractivity contribution is 5.62. The summed E-state index contributed by atoms with van der Waals surface area (Å²) < 4.78 is 20.4. The van der Waals surface area contributed by atoms with Crippen LogP contribution in [0.4, 0.5) is 10.2 Å². The third-order valence-corrected chi connectivity index (χ3v) is 3.72. The smallest absolute Gasteiger partial charge is 0.316 e. The number of hydrogen-bond acceptors (Lipinski definition) is 7. The highest BCUT2D eigenvalue weighted by Gasteiger charge is 2.17. The third kappa shape index (κ3) is 2.83. The lowest BCUT2D eigenvalue weighted by Gasteiger charge is -2.06. The summed E-state index contributed by atoms with van der Waals surface area (Å²) in [6.07, 6.45) is 1.42. The van der Waals surface area contributed by atoms with Gasteiger partial charge >= 0.3 is 5.56 Å². The van der Waals surface area contributed by atoms with Crippen molar-refractivity contribution >= 4 is 5.82 Å². The summed E-state index contributed by atoms with van der Waals surface area (Å²) in [5.41, 5.74) is 6.59. The second kappa shape index (κ2) is 6.24. The van der Waals surface area contributed by atoms with Gasteiger partial charge in [-0.1, -0.05) is 23.4 Å². The molecule has 0 saturated heterocycles. The average Bonchev–Trinajstić information content (AvgIpc) is 3.29. The van der Waals surface area contributed by atoms with Crippen LogP contribution in [0.2, 0.25) is 0 Å². The highest BCUT2D eigenvalue weighted by Crippen LogP contribution is 2.24. The molecular formula is C16H12FN7O2. The fourth-order valence-electron chi connectivity index (χ4n) is 2.45. The maximum atomic E-state index is 14.0. The van der Waals surface area contributed by atoms with Gasteiger partial charge in [-0.15, -0.1) is 0 Å². The first-order valence-corrected chi connectivity index (χ1v) is 7.56. The normalized spacial score (nSPS) is 11.0. The van der Waals surface area contributed by atoms with Crippen LogP contribution in [-0.4, -0.2) is 30.1 Å². The van der Waals surface area contributed by atoms with Gasteiger partial charge in [0.2, 0.25) is 5.82 Å². The summed E-state index contributed by atoms with van der Waals surface area (Å²) in [5.74, 6) is -0.450. The number of aromatic amines is 1. The molecule has 0 saturated carbocycles. The minimum atomic E-state index is -0.662. The van der Waals surface area contributed by atoms with Gasteiger partial charge in [0, 0.05) is 11.6 Å². The van der Waals surface area contributed by atoms with E-state index < -0.39 is 5.56 Å². The Labute approximate surface area is 145 Å². The quantitative estimate of drug-likeness (QED) is 0.568. The topological polar surface area (TPSA) is 129 Å². The number of nitrogens with one attached hydrogen (secondary N) is 1. The number of hydrogen-bond donors (Lipinski definition) is 2. The Kier molecular flexibility index (Phi) is 3.77. The van der Waals surface area contributed by atoms with Crippen molar-refractivity contribution in [1.29, 1.82) is 0 Å². The molecule has 26 heavy (non-hydrogen) atoms. The van der Waals surface area contributed by atoms with Crippen molar-refractivity contribution in [3.05, 3.63) is 64.4 Å². The van der Waals surface area contributed by atoms with Gasteiger partial charge in [-0.3, -0.25) is 14.6 Å². The van der Waals surface area contributed by atoms with E-state index in [0.717, 1.165) is 0 Å². The second-order valence-corrected chi connectivity index (χ2v) is 5.42. The molecular weight excluding hydrogens is 341 g/mol. The standard InChI is InChI=1S/C16H12FN7O2/c17-10-4-2-1-3-9(10)8-24-13(11-5-6-26-23-11)7-12(22-24)15-19-16(25)14(18)20-21-15/h1-7H,8H2,(H2,18,20)(H,19,21,25). The monoisotopic (exact) mass is 353 g/mol. The molecule has 3 N–H and O–H groups in total. The van der Waals surface area contributed by atoms with E-state index in [9.17, 15) is 9.18 Å². The van der Waals surface area contributed by atoms with Crippen molar-refractivity contribution in [3.8, 4) is 22.9 Å². The molecule has 1 aromatic carbocycles. The van der Waals surface area contributed by atoms with Crippen molar-refractivity contribution in [2.45, 2.75) is 6.54 Å². The van der Waals surface area contributed by atoms with Gasteiger partial charge in [0.1, 0.15) is 23.5 Å². The first kappa shape index (κ1) is 15.7. The lowest BCUT2D eigenvalue weighted by atomic mass is 10.2. The van der Waals surface area contributed by atoms with Crippen molar-refractivity contribution < 1.29 is 8.91 Å². The molecule has 3 heterocycles. The molecule has 0 atom stereocenters. The van der Waals surface area contributed by atoms with Gasteiger partial charge in [-0.2, -0.15) is 15.2 Å². The van der Waals surface area contributed by atoms with E-state index in [1.165, 1.54) is 12.3 Å². The number of halogens is 1. The largest absolute Gasteiger partial charge is 0.378 e. The zero-order chi connectivity index (χ0) is 18.1. The summed E-state index contributed by atoms with van der Waals surface area (Å²) in [7, 11) is 0. The summed E-state index contributed by atoms with van der Waals surface area (Å²) in [5, 5.41) is 14.6. The van der Waals surface area contributed by atoms with Gasteiger partial charge in [0.25, 0.3) is 0 Å². The predicted octanol–water partition coefficient (Wildman–Crippen LogP) is 1.45. The number of aromatic nitrogens is 6. The maximum Gasteiger partial charge on any atom is 0.316 e. The summed E-state index contributed by atoms with van der Waals surface area (Å²) in [6, 6.07) is 9.68. The minimum absolute atomic E-state index is 0.140. The molecule has 0 aliphatic rings. The summed E-state index contributed by atoms with van der Waals surface area (Å²) >= 11 is 0. The van der Waals surface area contributed by atoms with Gasteiger partial charge in [0.15, 0.2) is 5.82 Å². The SMILES string of the molecule is Nc1n[nH]c(-c2cc(-c3ccon3)n(Cc3ccccc3F)n2)nc1=O. The van der Waals surface area contributed by atoms with Crippen LogP contribution in [0.5, 0.6) is 0 Å². The molecule has 0 bridgehead atoms. The average molecular weight is 353 g/mol. The van der Waals surface area contributed by atoms with Crippen LogP contribution < -0.4 is 11.3 Å². The van der Waals surface area contributed by atoms with E-state index >= 15 is 0 Å². The van der Waals surface area contributed by atoms with E-state index in [1.807, 2.05) is 0 Å². The third-order valence-electron chi connectivity index (χ3n) is 3.72. The maximum absolute atomic E-state index is 14.0. The van der Waals surface area contributed by atoms with Crippen molar-refractivity contribution in [2.24, 2.45) is 0 Å². The number of nitrogens with two attached hydrogens (primary N) is 1. The number of nitrogen functional groups attached to an aromatic ring is 1. The Morgan fingerprint density at radius 1 is 1.23 bits per heavy atom. The van der Waals surface area contributed by atoms with E-state index in [4.69, 9.17) is 10.3 Å². The lowest BCUT2D eigenvalue weighted by Crippen LogP contribution is -2.16. The summed E-state index contributed by atoms with van der Waals surface area (Å²) in [6.45, 7) is 0.154. The zero-order valence-corrected chi connectivity index (χ0v) is 13.3. The fraction of sp³-hybridized carbons (Fsp3) is 0.0625. The van der Waals surface area contributed by atoms with Crippen LogP contribution >= 0.6 is 0 Å². The molecule has 3 aromatic heterocycles. The van der Waals surface area contributed by atoms with Gasteiger partial charge < -0.3 is 10.3 Å². The Morgan fingerprint density at radius 3 is 2.81 bits per heavy atom.